The predicted molar refractivity (Wildman–Crippen MR) is 53.4 cm³/mol. The molecule has 0 radical (unpaired) electrons. The van der Waals surface area contributed by atoms with E-state index in [2.05, 4.69) is 20.3 Å². The van der Waals surface area contributed by atoms with Crippen molar-refractivity contribution in [1.29, 1.82) is 0 Å². The van der Waals surface area contributed by atoms with Gasteiger partial charge in [0.15, 0.2) is 0 Å². The maximum atomic E-state index is 4.11. The van der Waals surface area contributed by atoms with Crippen LogP contribution in [0.1, 0.15) is 11.4 Å². The van der Waals surface area contributed by atoms with Crippen LogP contribution in [0.5, 0.6) is 0 Å². The van der Waals surface area contributed by atoms with E-state index >= 15 is 0 Å². The van der Waals surface area contributed by atoms with Gasteiger partial charge in [-0.25, -0.2) is 4.98 Å². The van der Waals surface area contributed by atoms with Crippen LogP contribution in [0.4, 0.5) is 0 Å². The van der Waals surface area contributed by atoms with Crippen LogP contribution in [-0.4, -0.2) is 15.0 Å². The summed E-state index contributed by atoms with van der Waals surface area (Å²) >= 11 is 0. The van der Waals surface area contributed by atoms with Crippen LogP contribution in [0, 0.1) is 0 Å². The molecule has 0 bridgehead atoms. The van der Waals surface area contributed by atoms with E-state index in [9.17, 15) is 0 Å². The van der Waals surface area contributed by atoms with Gasteiger partial charge >= 0.3 is 0 Å². The van der Waals surface area contributed by atoms with Gasteiger partial charge in [0.05, 0.1) is 6.54 Å². The quantitative estimate of drug-likeness (QED) is 0.755. The van der Waals surface area contributed by atoms with E-state index in [0.29, 0.717) is 0 Å². The first-order valence-electron chi connectivity index (χ1n) is 4.53. The molecule has 2 aromatic rings. The molecule has 0 aliphatic heterocycles. The second-order valence-corrected chi connectivity index (χ2v) is 3.00. The number of hydrogen-bond donors (Lipinski definition) is 2. The Bertz CT molecular complexity index is 355. The predicted octanol–water partition coefficient (Wildman–Crippen LogP) is 1.09. The first kappa shape index (κ1) is 8.90. The lowest BCUT2D eigenvalue weighted by Crippen LogP contribution is -2.13. The Morgan fingerprint density at radius 2 is 2.29 bits per heavy atom. The van der Waals surface area contributed by atoms with Gasteiger partial charge in [0, 0.05) is 31.3 Å². The van der Waals surface area contributed by atoms with E-state index in [1.54, 1.807) is 12.4 Å². The van der Waals surface area contributed by atoms with Crippen LogP contribution in [0.3, 0.4) is 0 Å². The van der Waals surface area contributed by atoms with E-state index in [-0.39, 0.29) is 0 Å². The molecule has 4 nitrogen and oxygen atoms in total. The SMILES string of the molecule is c1cncc(CNCc2ncc[nH]2)c1. The molecule has 0 aromatic carbocycles. The maximum absolute atomic E-state index is 4.11. The van der Waals surface area contributed by atoms with Gasteiger partial charge in [-0.2, -0.15) is 0 Å². The van der Waals surface area contributed by atoms with Crippen LogP contribution in [0.2, 0.25) is 0 Å². The molecule has 2 rings (SSSR count). The third kappa shape index (κ3) is 2.40. The normalized spacial score (nSPS) is 10.3. The van der Waals surface area contributed by atoms with Crippen LogP contribution in [0.25, 0.3) is 0 Å². The highest BCUT2D eigenvalue weighted by atomic mass is 15.0. The number of aromatic amines is 1. The summed E-state index contributed by atoms with van der Waals surface area (Å²) in [6.45, 7) is 1.57. The molecule has 2 heterocycles. The Morgan fingerprint density at radius 1 is 1.29 bits per heavy atom. The van der Waals surface area contributed by atoms with Gasteiger partial charge in [0.2, 0.25) is 0 Å². The van der Waals surface area contributed by atoms with E-state index in [1.165, 1.54) is 5.56 Å². The van der Waals surface area contributed by atoms with E-state index in [1.807, 2.05) is 24.5 Å². The average Bonchev–Trinajstić information content (AvgIpc) is 2.72. The third-order valence-electron chi connectivity index (χ3n) is 1.90. The standard InChI is InChI=1S/C10H12N4/c1-2-9(6-11-3-1)7-12-8-10-13-4-5-14-10/h1-6,12H,7-8H2,(H,13,14). The fourth-order valence-corrected chi connectivity index (χ4v) is 1.22. The van der Waals surface area contributed by atoms with Crippen molar-refractivity contribution in [2.75, 3.05) is 0 Å². The number of rotatable bonds is 4. The van der Waals surface area contributed by atoms with E-state index < -0.39 is 0 Å². The number of hydrogen-bond acceptors (Lipinski definition) is 3. The van der Waals surface area contributed by atoms with Gasteiger partial charge in [-0.15, -0.1) is 0 Å². The zero-order valence-corrected chi connectivity index (χ0v) is 7.77. The second-order valence-electron chi connectivity index (χ2n) is 3.00. The molecule has 0 amide bonds. The van der Waals surface area contributed by atoms with Crippen molar-refractivity contribution in [2.45, 2.75) is 13.1 Å². The Kier molecular flexibility index (Phi) is 2.88. The monoisotopic (exact) mass is 188 g/mol. The summed E-state index contributed by atoms with van der Waals surface area (Å²) in [6, 6.07) is 3.98. The van der Waals surface area contributed by atoms with Crippen LogP contribution < -0.4 is 5.32 Å². The largest absolute Gasteiger partial charge is 0.348 e. The summed E-state index contributed by atoms with van der Waals surface area (Å²) in [6.07, 6.45) is 7.20. The molecule has 0 unspecified atom stereocenters. The molecule has 0 saturated carbocycles. The van der Waals surface area contributed by atoms with Gasteiger partial charge in [-0.3, -0.25) is 4.98 Å². The Balaban J connectivity index is 1.79. The van der Waals surface area contributed by atoms with Crippen molar-refractivity contribution in [3.63, 3.8) is 0 Å². The molecular weight excluding hydrogens is 176 g/mol. The summed E-state index contributed by atoms with van der Waals surface area (Å²) in [5.74, 6) is 0.953. The molecule has 0 aliphatic rings. The average molecular weight is 188 g/mol. The second kappa shape index (κ2) is 4.53. The van der Waals surface area contributed by atoms with Crippen LogP contribution >= 0.6 is 0 Å². The number of aromatic nitrogens is 3. The molecule has 4 heteroatoms. The zero-order valence-electron chi connectivity index (χ0n) is 7.77. The molecule has 0 atom stereocenters. The van der Waals surface area contributed by atoms with Crippen LogP contribution in [-0.2, 0) is 13.1 Å². The zero-order chi connectivity index (χ0) is 9.64. The number of H-pyrrole nitrogens is 1. The summed E-state index contributed by atoms with van der Waals surface area (Å²) in [4.78, 5) is 11.2. The highest BCUT2D eigenvalue weighted by molar-refractivity contribution is 5.07. The van der Waals surface area contributed by atoms with Crippen molar-refractivity contribution in [1.82, 2.24) is 20.3 Å². The summed E-state index contributed by atoms with van der Waals surface area (Å²) in [7, 11) is 0. The number of pyridine rings is 1. The molecule has 14 heavy (non-hydrogen) atoms. The third-order valence-corrected chi connectivity index (χ3v) is 1.90. The molecular formula is C10H12N4. The van der Waals surface area contributed by atoms with Crippen LogP contribution in [0.15, 0.2) is 36.9 Å². The molecule has 0 saturated heterocycles. The molecule has 0 aliphatic carbocycles. The first-order valence-corrected chi connectivity index (χ1v) is 4.53. The molecule has 2 N–H and O–H groups in total. The number of nitrogens with zero attached hydrogens (tertiary/aromatic N) is 2. The minimum atomic E-state index is 0.752. The van der Waals surface area contributed by atoms with Gasteiger partial charge in [-0.1, -0.05) is 6.07 Å². The van der Waals surface area contributed by atoms with Crippen molar-refractivity contribution in [2.24, 2.45) is 0 Å². The highest BCUT2D eigenvalue weighted by Gasteiger charge is 1.94. The molecule has 2 aromatic heterocycles. The lowest BCUT2D eigenvalue weighted by atomic mass is 10.3. The maximum Gasteiger partial charge on any atom is 0.120 e. The van der Waals surface area contributed by atoms with Crippen molar-refractivity contribution >= 4 is 0 Å². The highest BCUT2D eigenvalue weighted by Crippen LogP contribution is 1.95. The minimum Gasteiger partial charge on any atom is -0.348 e. The van der Waals surface area contributed by atoms with Crippen molar-refractivity contribution in [3.05, 3.63) is 48.3 Å². The Labute approximate surface area is 82.4 Å². The molecule has 72 valence electrons. The fraction of sp³-hybridized carbons (Fsp3) is 0.200. The minimum absolute atomic E-state index is 0.752. The van der Waals surface area contributed by atoms with Gasteiger partial charge in [0.1, 0.15) is 5.82 Å². The molecule has 0 spiro atoms. The van der Waals surface area contributed by atoms with E-state index in [4.69, 9.17) is 0 Å². The fourth-order valence-electron chi connectivity index (χ4n) is 1.22. The summed E-state index contributed by atoms with van der Waals surface area (Å²) < 4.78 is 0. The van der Waals surface area contributed by atoms with Gasteiger partial charge < -0.3 is 10.3 Å². The molecule has 0 fully saturated rings. The summed E-state index contributed by atoms with van der Waals surface area (Å²) in [5, 5.41) is 3.27. The van der Waals surface area contributed by atoms with Gasteiger partial charge in [-0.05, 0) is 11.6 Å². The van der Waals surface area contributed by atoms with Crippen molar-refractivity contribution < 1.29 is 0 Å². The Morgan fingerprint density at radius 3 is 3.00 bits per heavy atom. The smallest absolute Gasteiger partial charge is 0.120 e. The topological polar surface area (TPSA) is 53.6 Å². The summed E-state index contributed by atoms with van der Waals surface area (Å²) in [5.41, 5.74) is 1.18. The first-order chi connectivity index (χ1) is 6.95. The lowest BCUT2D eigenvalue weighted by molar-refractivity contribution is 0.667. The van der Waals surface area contributed by atoms with Crippen molar-refractivity contribution in [3.8, 4) is 0 Å². The number of nitrogens with one attached hydrogen (secondary N) is 2. The Hall–Kier alpha value is -1.68. The lowest BCUT2D eigenvalue weighted by Gasteiger charge is -2.01. The van der Waals surface area contributed by atoms with E-state index in [0.717, 1.165) is 18.9 Å². The number of imidazole rings is 1. The van der Waals surface area contributed by atoms with Gasteiger partial charge in [0.25, 0.3) is 0 Å².